The Kier molecular flexibility index (Phi) is 11.3. The standard InChI is InChI=1S/C35H42ClN5O4.C2H6/c1-5-26(4)41-34(42)40(24-37-41)29-10-8-27(9-11-29)38-17-19-39(20-18-38)28-12-14-30(15-13-28)43-22-31-23-44-35(6-2,45-31)32-16-7-25(3)21-33(32)36;1-2/h7-16,21,24,26,31H,5-6,17-20,22-23H2,1-4H3;1-2H3/t26?,31?,35-;/m0./s1. The van der Waals surface area contributed by atoms with Crippen molar-refractivity contribution in [3.63, 3.8) is 0 Å². The van der Waals surface area contributed by atoms with Crippen molar-refractivity contribution in [1.82, 2.24) is 14.3 Å². The molecule has 47 heavy (non-hydrogen) atoms. The second-order valence-electron chi connectivity index (χ2n) is 11.9. The predicted octanol–water partition coefficient (Wildman–Crippen LogP) is 7.38. The summed E-state index contributed by atoms with van der Waals surface area (Å²) in [6.45, 7) is 16.6. The summed E-state index contributed by atoms with van der Waals surface area (Å²) in [6.07, 6.45) is 2.94. The summed E-state index contributed by atoms with van der Waals surface area (Å²) in [7, 11) is 0. The second kappa shape index (κ2) is 15.4. The summed E-state index contributed by atoms with van der Waals surface area (Å²) >= 11 is 6.55. The van der Waals surface area contributed by atoms with Crippen molar-refractivity contribution in [2.45, 2.75) is 72.3 Å². The third-order valence-corrected chi connectivity index (χ3v) is 9.28. The molecule has 3 aromatic carbocycles. The van der Waals surface area contributed by atoms with E-state index in [4.69, 9.17) is 25.8 Å². The van der Waals surface area contributed by atoms with Gasteiger partial charge in [-0.05, 0) is 80.4 Å². The van der Waals surface area contributed by atoms with Crippen molar-refractivity contribution < 1.29 is 14.2 Å². The number of aromatic nitrogens is 3. The lowest BCUT2D eigenvalue weighted by atomic mass is 10.0. The SMILES string of the molecule is CC.CCC(C)n1ncn(-c2ccc(N3CCN(c4ccc(OCC5CO[C@](CC)(c6ccc(C)cc6Cl)O5)cc4)CC3)cc2)c1=O. The van der Waals surface area contributed by atoms with Crippen molar-refractivity contribution in [1.29, 1.82) is 0 Å². The number of nitrogens with zero attached hydrogens (tertiary/aromatic N) is 5. The number of hydrogen-bond donors (Lipinski definition) is 0. The van der Waals surface area contributed by atoms with Crippen LogP contribution in [0.3, 0.4) is 0 Å². The van der Waals surface area contributed by atoms with Gasteiger partial charge in [0.15, 0.2) is 5.79 Å². The van der Waals surface area contributed by atoms with Crippen LogP contribution in [-0.4, -0.2) is 59.8 Å². The van der Waals surface area contributed by atoms with Gasteiger partial charge in [-0.1, -0.05) is 51.4 Å². The molecular weight excluding hydrogens is 614 g/mol. The molecule has 0 aliphatic carbocycles. The molecule has 0 amide bonds. The molecule has 2 saturated heterocycles. The zero-order valence-corrected chi connectivity index (χ0v) is 29.2. The molecule has 2 fully saturated rings. The fourth-order valence-electron chi connectivity index (χ4n) is 6.05. The first-order chi connectivity index (χ1) is 22.8. The molecule has 3 heterocycles. The highest BCUT2D eigenvalue weighted by Gasteiger charge is 2.43. The van der Waals surface area contributed by atoms with Crippen molar-refractivity contribution in [2.24, 2.45) is 0 Å². The molecule has 6 rings (SSSR count). The van der Waals surface area contributed by atoms with Crippen LogP contribution in [0.5, 0.6) is 5.75 Å². The molecule has 0 spiro atoms. The number of rotatable bonds is 10. The average molecular weight is 662 g/mol. The Morgan fingerprint density at radius 1 is 0.936 bits per heavy atom. The molecule has 0 N–H and O–H groups in total. The number of ether oxygens (including phenoxy) is 3. The lowest BCUT2D eigenvalue weighted by molar-refractivity contribution is -0.181. The van der Waals surface area contributed by atoms with Gasteiger partial charge in [0.1, 0.15) is 24.8 Å². The quantitative estimate of drug-likeness (QED) is 0.176. The average Bonchev–Trinajstić information content (AvgIpc) is 3.72. The number of halogens is 1. The van der Waals surface area contributed by atoms with Crippen molar-refractivity contribution in [2.75, 3.05) is 49.2 Å². The van der Waals surface area contributed by atoms with E-state index in [2.05, 4.69) is 46.1 Å². The Bertz CT molecular complexity index is 1650. The smallest absolute Gasteiger partial charge is 0.350 e. The van der Waals surface area contributed by atoms with Gasteiger partial charge in [0.25, 0.3) is 0 Å². The molecule has 0 bridgehead atoms. The maximum absolute atomic E-state index is 12.8. The molecule has 2 unspecified atom stereocenters. The van der Waals surface area contributed by atoms with Gasteiger partial charge in [0, 0.05) is 54.6 Å². The molecular formula is C37H48ClN5O4. The molecule has 2 aliphatic heterocycles. The van der Waals surface area contributed by atoms with Crippen LogP contribution in [0, 0.1) is 6.92 Å². The van der Waals surface area contributed by atoms with Gasteiger partial charge in [-0.25, -0.2) is 14.0 Å². The largest absolute Gasteiger partial charge is 0.491 e. The molecule has 252 valence electrons. The molecule has 0 radical (unpaired) electrons. The number of aryl methyl sites for hydroxylation is 1. The molecule has 0 saturated carbocycles. The minimum absolute atomic E-state index is 0.0754. The minimum Gasteiger partial charge on any atom is -0.491 e. The van der Waals surface area contributed by atoms with Crippen LogP contribution in [0.4, 0.5) is 11.4 Å². The van der Waals surface area contributed by atoms with E-state index in [9.17, 15) is 4.79 Å². The summed E-state index contributed by atoms with van der Waals surface area (Å²) in [5, 5.41) is 4.96. The van der Waals surface area contributed by atoms with Crippen LogP contribution in [-0.2, 0) is 15.3 Å². The Hall–Kier alpha value is -3.79. The maximum atomic E-state index is 12.8. The fourth-order valence-corrected chi connectivity index (χ4v) is 6.43. The highest BCUT2D eigenvalue weighted by Crippen LogP contribution is 2.41. The normalized spacial score (nSPS) is 20.1. The van der Waals surface area contributed by atoms with Crippen LogP contribution in [0.2, 0.25) is 5.02 Å². The second-order valence-corrected chi connectivity index (χ2v) is 12.3. The zero-order chi connectivity index (χ0) is 33.6. The first-order valence-corrected chi connectivity index (χ1v) is 17.3. The van der Waals surface area contributed by atoms with Gasteiger partial charge in [0.2, 0.25) is 0 Å². The lowest BCUT2D eigenvalue weighted by Gasteiger charge is -2.37. The van der Waals surface area contributed by atoms with E-state index in [1.807, 2.05) is 77.1 Å². The summed E-state index contributed by atoms with van der Waals surface area (Å²) in [6, 6.07) is 22.5. The van der Waals surface area contributed by atoms with Gasteiger partial charge in [-0.3, -0.25) is 0 Å². The summed E-state index contributed by atoms with van der Waals surface area (Å²) in [5.74, 6) is -0.0406. The Morgan fingerprint density at radius 3 is 2.11 bits per heavy atom. The maximum Gasteiger partial charge on any atom is 0.350 e. The highest BCUT2D eigenvalue weighted by molar-refractivity contribution is 6.31. The van der Waals surface area contributed by atoms with Gasteiger partial charge in [-0.15, -0.1) is 0 Å². The van der Waals surface area contributed by atoms with Gasteiger partial charge in [-0.2, -0.15) is 5.10 Å². The van der Waals surface area contributed by atoms with E-state index in [0.29, 0.717) is 24.7 Å². The van der Waals surface area contributed by atoms with Crippen LogP contribution in [0.15, 0.2) is 77.9 Å². The number of anilines is 2. The molecule has 3 atom stereocenters. The van der Waals surface area contributed by atoms with E-state index in [1.54, 1.807) is 15.6 Å². The third kappa shape index (κ3) is 7.53. The first-order valence-electron chi connectivity index (χ1n) is 16.9. The van der Waals surface area contributed by atoms with Crippen molar-refractivity contribution in [3.05, 3.63) is 99.7 Å². The highest BCUT2D eigenvalue weighted by atomic mass is 35.5. The van der Waals surface area contributed by atoms with Crippen LogP contribution in [0.1, 0.15) is 64.6 Å². The first kappa shape index (κ1) is 34.5. The topological polar surface area (TPSA) is 74.0 Å². The van der Waals surface area contributed by atoms with E-state index in [-0.39, 0.29) is 17.8 Å². The van der Waals surface area contributed by atoms with Gasteiger partial charge < -0.3 is 24.0 Å². The van der Waals surface area contributed by atoms with E-state index in [1.165, 1.54) is 5.69 Å². The molecule has 10 heteroatoms. The van der Waals surface area contributed by atoms with Crippen LogP contribution >= 0.6 is 11.6 Å². The van der Waals surface area contributed by atoms with E-state index in [0.717, 1.165) is 60.9 Å². The summed E-state index contributed by atoms with van der Waals surface area (Å²) in [5.41, 5.74) is 5.01. The minimum atomic E-state index is -0.844. The molecule has 9 nitrogen and oxygen atoms in total. The Morgan fingerprint density at radius 2 is 1.53 bits per heavy atom. The number of hydrogen-bond acceptors (Lipinski definition) is 7. The Labute approximate surface area is 283 Å². The Balaban J connectivity index is 0.00000213. The van der Waals surface area contributed by atoms with Crippen LogP contribution in [0.25, 0.3) is 5.69 Å². The molecule has 4 aromatic rings. The van der Waals surface area contributed by atoms with Crippen LogP contribution < -0.4 is 20.2 Å². The molecule has 1 aromatic heterocycles. The monoisotopic (exact) mass is 661 g/mol. The number of benzene rings is 3. The van der Waals surface area contributed by atoms with Crippen molar-refractivity contribution in [3.8, 4) is 11.4 Å². The van der Waals surface area contributed by atoms with Crippen molar-refractivity contribution >= 4 is 23.0 Å². The summed E-state index contributed by atoms with van der Waals surface area (Å²) < 4.78 is 21.8. The molecule has 2 aliphatic rings. The van der Waals surface area contributed by atoms with Gasteiger partial charge >= 0.3 is 5.69 Å². The van der Waals surface area contributed by atoms with E-state index >= 15 is 0 Å². The van der Waals surface area contributed by atoms with E-state index < -0.39 is 5.79 Å². The lowest BCUT2D eigenvalue weighted by Crippen LogP contribution is -2.46. The summed E-state index contributed by atoms with van der Waals surface area (Å²) in [4.78, 5) is 17.5. The third-order valence-electron chi connectivity index (χ3n) is 8.97. The predicted molar refractivity (Wildman–Crippen MR) is 190 cm³/mol. The fraction of sp³-hybridized carbons (Fsp3) is 0.459. The number of piperazine rings is 1. The van der Waals surface area contributed by atoms with Gasteiger partial charge in [0.05, 0.1) is 18.3 Å². The zero-order valence-electron chi connectivity index (χ0n) is 28.5.